The van der Waals surface area contributed by atoms with Crippen molar-refractivity contribution in [2.45, 2.75) is 285 Å². The van der Waals surface area contributed by atoms with Crippen LogP contribution in [0.25, 0.3) is 0 Å². The van der Waals surface area contributed by atoms with Crippen molar-refractivity contribution < 1.29 is 121 Å². The number of fused-ring (bicyclic) bond motifs is 5. The molecular formula is C59H96O25. The lowest BCUT2D eigenvalue weighted by Gasteiger charge is -2.65. The molecule has 0 unspecified atom stereocenters. The van der Waals surface area contributed by atoms with E-state index in [2.05, 4.69) is 13.0 Å². The fourth-order valence-corrected chi connectivity index (χ4v) is 16.4. The lowest BCUT2D eigenvalue weighted by atomic mass is 9.43. The second-order valence-corrected chi connectivity index (χ2v) is 25.6. The summed E-state index contributed by atoms with van der Waals surface area (Å²) in [5, 5.41) is 76.5. The molecule has 7 N–H and O–H groups in total. The van der Waals surface area contributed by atoms with Gasteiger partial charge < -0.3 is 112 Å². The lowest BCUT2D eigenvalue weighted by molar-refractivity contribution is -0.374. The van der Waals surface area contributed by atoms with Gasteiger partial charge in [0.1, 0.15) is 73.2 Å². The number of hydrogen-bond acceptors (Lipinski definition) is 25. The van der Waals surface area contributed by atoms with Crippen LogP contribution in [0.4, 0.5) is 0 Å². The Bertz CT molecular complexity index is 2240. The molecule has 0 aromatic heterocycles. The molecule has 0 spiro atoms. The molecule has 25 heteroatoms. The molecule has 0 amide bonds. The van der Waals surface area contributed by atoms with E-state index in [-0.39, 0.29) is 24.4 Å². The number of ether oxygens (including phenoxy) is 16. The van der Waals surface area contributed by atoms with E-state index in [9.17, 15) is 45.3 Å². The van der Waals surface area contributed by atoms with E-state index >= 15 is 0 Å². The highest BCUT2D eigenvalue weighted by atomic mass is 16.8. The minimum atomic E-state index is -1.68. The monoisotopic (exact) mass is 1200 g/mol. The highest BCUT2D eigenvalue weighted by Gasteiger charge is 2.75. The third-order valence-corrected chi connectivity index (χ3v) is 20.7. The molecule has 0 aromatic carbocycles. The van der Waals surface area contributed by atoms with Gasteiger partial charge in [0.15, 0.2) is 31.5 Å². The highest BCUT2D eigenvalue weighted by Crippen LogP contribution is 2.69. The Morgan fingerprint density at radius 3 is 1.64 bits per heavy atom. The van der Waals surface area contributed by atoms with E-state index in [4.69, 9.17) is 75.8 Å². The topological polar surface area (TPSA) is 323 Å². The maximum Gasteiger partial charge on any atom is 0.303 e. The van der Waals surface area contributed by atoms with Crippen molar-refractivity contribution in [3.8, 4) is 0 Å². The molecule has 32 atom stereocenters. The van der Waals surface area contributed by atoms with Crippen LogP contribution in [0.2, 0.25) is 0 Å². The van der Waals surface area contributed by atoms with E-state index in [1.807, 2.05) is 20.8 Å². The Kier molecular flexibility index (Phi) is 21.1. The smallest absolute Gasteiger partial charge is 0.303 e. The fraction of sp³-hybridized carbons (Fsp3) is 0.932. The molecule has 3 saturated carbocycles. The van der Waals surface area contributed by atoms with Crippen LogP contribution in [-0.4, -0.2) is 248 Å². The van der Waals surface area contributed by atoms with Crippen LogP contribution in [0.1, 0.15) is 120 Å². The molecule has 5 heterocycles. The number of carbonyl (C=O) groups excluding carboxylic acids is 2. The first-order valence-electron chi connectivity index (χ1n) is 30.2. The average Bonchev–Trinajstić information content (AvgIpc) is 1.32. The van der Waals surface area contributed by atoms with Gasteiger partial charge in [-0.1, -0.05) is 25.5 Å². The molecule has 4 aliphatic carbocycles. The number of rotatable bonds is 18. The number of carbonyl (C=O) groups is 2. The van der Waals surface area contributed by atoms with Crippen molar-refractivity contribution in [1.29, 1.82) is 0 Å². The molecule has 0 bridgehead atoms. The molecule has 9 rings (SSSR count). The average molecular weight is 1210 g/mol. The third-order valence-electron chi connectivity index (χ3n) is 20.7. The number of aliphatic hydroxyl groups excluding tert-OH is 6. The molecule has 25 nitrogen and oxygen atoms in total. The van der Waals surface area contributed by atoms with Gasteiger partial charge in [0.25, 0.3) is 0 Å². The first kappa shape index (κ1) is 66.3. The maximum absolute atomic E-state index is 12.9. The van der Waals surface area contributed by atoms with Crippen LogP contribution in [0, 0.1) is 28.6 Å². The van der Waals surface area contributed by atoms with Crippen LogP contribution < -0.4 is 0 Å². The molecule has 5 aliphatic heterocycles. The number of hydrogen-bond donors (Lipinski definition) is 7. The van der Waals surface area contributed by atoms with Crippen molar-refractivity contribution in [1.82, 2.24) is 0 Å². The summed E-state index contributed by atoms with van der Waals surface area (Å²) in [7, 11) is 6.13. The first-order chi connectivity index (χ1) is 39.8. The zero-order chi connectivity index (χ0) is 61.1. The largest absolute Gasteiger partial charge is 0.458 e. The van der Waals surface area contributed by atoms with E-state index in [0.29, 0.717) is 51.4 Å². The van der Waals surface area contributed by atoms with E-state index in [0.717, 1.165) is 5.57 Å². The van der Waals surface area contributed by atoms with Gasteiger partial charge in [0, 0.05) is 72.9 Å². The summed E-state index contributed by atoms with van der Waals surface area (Å²) in [4.78, 5) is 25.8. The number of esters is 2. The van der Waals surface area contributed by atoms with Crippen LogP contribution in [0.3, 0.4) is 0 Å². The third kappa shape index (κ3) is 12.4. The molecule has 482 valence electrons. The van der Waals surface area contributed by atoms with Gasteiger partial charge in [-0.05, 0) is 90.4 Å². The van der Waals surface area contributed by atoms with Crippen LogP contribution in [-0.2, 0) is 85.4 Å². The standard InChI is InChI=1S/C59H96O25/c1-25(61)34-17-19-59(68)35-15-14-32-20-33(16-18-57(32,8)43(35)52(77-30(6)62)54(58(34,59)9)78-31(7)63)79-40-21-36(69-10)48(26(2)73-40)81-41-22-37(70-11)49(27(3)74-41)82-42-23-38(71-12)50(28(4)75-42)83-56-47(67)53(72-13)51(29(5)76-56)84-55-46(66)45(65)44(64)39(24-60)80-55/h14,25-29,33-56,60-61,64-68H,15-24H2,1-13H3/t25-,26+,27+,28+,29+,33-,34+,35+,36-,37-,38+,39+,40-,41-,42-,43+,44+,45-,46+,47+,48+,49+,50+,51+,52-,53-,54+,55-,56-,57-,58-,59-/m0/s1. The van der Waals surface area contributed by atoms with Gasteiger partial charge >= 0.3 is 11.9 Å². The molecule has 8 fully saturated rings. The zero-order valence-electron chi connectivity index (χ0n) is 50.9. The summed E-state index contributed by atoms with van der Waals surface area (Å²) in [5.74, 6) is -2.14. The molecule has 5 saturated heterocycles. The molecule has 9 aliphatic rings. The van der Waals surface area contributed by atoms with Crippen LogP contribution in [0.15, 0.2) is 11.6 Å². The second kappa shape index (κ2) is 26.7. The Balaban J connectivity index is 0.783. The predicted octanol–water partition coefficient (Wildman–Crippen LogP) is 1.44. The summed E-state index contributed by atoms with van der Waals surface area (Å²) >= 11 is 0. The summed E-state index contributed by atoms with van der Waals surface area (Å²) < 4.78 is 99.7. The normalized spacial score (nSPS) is 50.9. The minimum absolute atomic E-state index is 0.221. The van der Waals surface area contributed by atoms with Crippen LogP contribution in [0.5, 0.6) is 0 Å². The Labute approximate surface area is 492 Å². The van der Waals surface area contributed by atoms with Crippen molar-refractivity contribution >= 4 is 11.9 Å². The van der Waals surface area contributed by atoms with Gasteiger partial charge in [-0.2, -0.15) is 0 Å². The number of methoxy groups -OCH3 is 4. The highest BCUT2D eigenvalue weighted by molar-refractivity contribution is 5.68. The minimum Gasteiger partial charge on any atom is -0.458 e. The summed E-state index contributed by atoms with van der Waals surface area (Å²) in [5.41, 5.74) is -1.78. The van der Waals surface area contributed by atoms with Crippen molar-refractivity contribution in [3.05, 3.63) is 11.6 Å². The Hall–Kier alpha value is -2.16. The van der Waals surface area contributed by atoms with Gasteiger partial charge in [-0.15, -0.1) is 0 Å². The predicted molar refractivity (Wildman–Crippen MR) is 289 cm³/mol. The Morgan fingerprint density at radius 1 is 0.619 bits per heavy atom. The summed E-state index contributed by atoms with van der Waals surface area (Å²) in [6.45, 7) is 15.0. The van der Waals surface area contributed by atoms with E-state index in [1.165, 1.54) is 28.1 Å². The van der Waals surface area contributed by atoms with Crippen molar-refractivity contribution in [2.75, 3.05) is 35.0 Å². The van der Waals surface area contributed by atoms with E-state index in [1.54, 1.807) is 35.0 Å². The Morgan fingerprint density at radius 2 is 1.13 bits per heavy atom. The van der Waals surface area contributed by atoms with Gasteiger partial charge in [-0.3, -0.25) is 9.59 Å². The zero-order valence-corrected chi connectivity index (χ0v) is 50.9. The SMILES string of the molecule is CO[C@H]1[C@@H](O)[C@H](O[C@@H]2[C@@H](C)O[C@@H](O[C@H]3[C@@H](OC)C[C@H](O[C@H]4[C@@H](OC)C[C@H](O[C@H]5CC[C@@]6(C)C(=CC[C@@H]7[C@@H]6[C@H](OC(C)=O)[C@@H](OC(C)=O)[C@]6(C)[C@@H]([C@H](C)O)CC[C@]76O)C5)O[C@@H]4C)O[C@@H]3C)C[C@H]2OC)O[C@H](C)[C@H]1O[C@@H]1O[C@H](CO)[C@@H](O)[C@H](O)[C@H]1O. The quantitative estimate of drug-likeness (QED) is 0.0754. The van der Waals surface area contributed by atoms with Gasteiger partial charge in [0.05, 0.1) is 67.1 Å². The second-order valence-electron chi connectivity index (χ2n) is 25.6. The molecule has 84 heavy (non-hydrogen) atoms. The summed E-state index contributed by atoms with van der Waals surface area (Å²) in [6, 6.07) is 0. The van der Waals surface area contributed by atoms with Crippen molar-refractivity contribution in [3.63, 3.8) is 0 Å². The first-order valence-corrected chi connectivity index (χ1v) is 30.2. The molecule has 0 aromatic rings. The number of aliphatic hydroxyl groups is 7. The molecule has 0 radical (unpaired) electrons. The fourth-order valence-electron chi connectivity index (χ4n) is 16.4. The van der Waals surface area contributed by atoms with Gasteiger partial charge in [0.2, 0.25) is 0 Å². The maximum atomic E-state index is 12.9. The molecular weight excluding hydrogens is 1110 g/mol. The van der Waals surface area contributed by atoms with E-state index < -0.39 is 194 Å². The van der Waals surface area contributed by atoms with Crippen LogP contribution >= 0.6 is 0 Å². The van der Waals surface area contributed by atoms with Gasteiger partial charge in [-0.25, -0.2) is 0 Å². The lowest BCUT2D eigenvalue weighted by Crippen LogP contribution is -2.72. The summed E-state index contributed by atoms with van der Waals surface area (Å²) in [6.07, 6.45) is -16.8. The number of allylic oxidation sites excluding steroid dienone is 1. The van der Waals surface area contributed by atoms with Crippen molar-refractivity contribution in [2.24, 2.45) is 28.6 Å².